The fraction of sp³-hybridized carbons (Fsp3) is 0.188. The Morgan fingerprint density at radius 3 is 1.16 bits per heavy atom. The van der Waals surface area contributed by atoms with E-state index in [9.17, 15) is 26.4 Å². The molecule has 0 aliphatic heterocycles. The minimum atomic E-state index is -4.37. The van der Waals surface area contributed by atoms with Crippen LogP contribution in [0, 0.1) is 13.8 Å². The Bertz CT molecular complexity index is 1640. The van der Waals surface area contributed by atoms with Crippen molar-refractivity contribution in [3.8, 4) is 0 Å². The summed E-state index contributed by atoms with van der Waals surface area (Å²) in [7, 11) is -8.74. The van der Waals surface area contributed by atoms with Gasteiger partial charge in [0.2, 0.25) is 0 Å². The molecule has 0 aliphatic rings. The van der Waals surface area contributed by atoms with E-state index in [2.05, 4.69) is 0 Å². The highest BCUT2D eigenvalue weighted by atomic mass is 32.2. The number of hydrogen-bond acceptors (Lipinski definition) is 10. The zero-order valence-electron chi connectivity index (χ0n) is 23.9. The van der Waals surface area contributed by atoms with Gasteiger partial charge in [-0.05, 0) is 62.4 Å². The van der Waals surface area contributed by atoms with Gasteiger partial charge in [0.1, 0.15) is 13.2 Å². The molecule has 0 fully saturated rings. The van der Waals surface area contributed by atoms with Gasteiger partial charge in [0.05, 0.1) is 20.9 Å². The van der Waals surface area contributed by atoms with Crippen LogP contribution in [-0.4, -0.2) is 54.2 Å². The fourth-order valence-electron chi connectivity index (χ4n) is 3.85. The van der Waals surface area contributed by atoms with Gasteiger partial charge in [-0.25, -0.2) is 9.59 Å². The zero-order valence-corrected chi connectivity index (χ0v) is 25.5. The van der Waals surface area contributed by atoms with Crippen molar-refractivity contribution in [1.29, 1.82) is 0 Å². The molecule has 4 rings (SSSR count). The van der Waals surface area contributed by atoms with E-state index in [-0.39, 0.29) is 20.9 Å². The van der Waals surface area contributed by atoms with E-state index < -0.39 is 57.6 Å². The standard InChI is InChI=1S/C32H30O10S2/c1-23-13-17-27(18-14-23)43(35,36)39-21-29(41-31(33)25-9-5-3-6-10-25)30(42-32(34)26-11-7-4-8-12-26)22-40-44(37,38)28-19-15-24(2)16-20-28/h3-20,29-30H,21-22H2,1-2H3/t29-,30-/m0/s1. The normalized spacial score (nSPS) is 13.0. The van der Waals surface area contributed by atoms with Crippen molar-refractivity contribution in [2.24, 2.45) is 0 Å². The number of esters is 2. The first-order chi connectivity index (χ1) is 20.9. The van der Waals surface area contributed by atoms with Crippen LogP contribution in [0.3, 0.4) is 0 Å². The monoisotopic (exact) mass is 638 g/mol. The lowest BCUT2D eigenvalue weighted by Gasteiger charge is -2.26. The molecule has 4 aromatic carbocycles. The van der Waals surface area contributed by atoms with Crippen LogP contribution in [0.1, 0.15) is 31.8 Å². The van der Waals surface area contributed by atoms with Gasteiger partial charge in [-0.2, -0.15) is 16.8 Å². The number of ether oxygens (including phenoxy) is 2. The van der Waals surface area contributed by atoms with E-state index in [0.717, 1.165) is 11.1 Å². The summed E-state index contributed by atoms with van der Waals surface area (Å²) in [5.74, 6) is -1.79. The second-order valence-electron chi connectivity index (χ2n) is 9.72. The molecule has 0 N–H and O–H groups in total. The van der Waals surface area contributed by atoms with E-state index in [1.165, 1.54) is 48.5 Å². The maximum Gasteiger partial charge on any atom is 0.338 e. The first-order valence-corrected chi connectivity index (χ1v) is 16.2. The summed E-state index contributed by atoms with van der Waals surface area (Å²) in [6, 6.07) is 27.3. The van der Waals surface area contributed by atoms with Crippen molar-refractivity contribution in [3.63, 3.8) is 0 Å². The van der Waals surface area contributed by atoms with Gasteiger partial charge in [-0.3, -0.25) is 8.37 Å². The molecule has 12 heteroatoms. The lowest BCUT2D eigenvalue weighted by Crippen LogP contribution is -2.42. The van der Waals surface area contributed by atoms with Crippen molar-refractivity contribution in [1.82, 2.24) is 0 Å². The predicted molar refractivity (Wildman–Crippen MR) is 160 cm³/mol. The molecule has 0 radical (unpaired) electrons. The number of rotatable bonds is 13. The Morgan fingerprint density at radius 1 is 0.523 bits per heavy atom. The molecule has 0 saturated heterocycles. The highest BCUT2D eigenvalue weighted by Gasteiger charge is 2.34. The topological polar surface area (TPSA) is 139 Å². The Morgan fingerprint density at radius 2 is 0.841 bits per heavy atom. The maximum absolute atomic E-state index is 13.1. The molecule has 0 saturated carbocycles. The predicted octanol–water partition coefficient (Wildman–Crippen LogP) is 4.87. The lowest BCUT2D eigenvalue weighted by molar-refractivity contribution is -0.0607. The van der Waals surface area contributed by atoms with E-state index >= 15 is 0 Å². The second kappa shape index (κ2) is 14.4. The molecular weight excluding hydrogens is 608 g/mol. The van der Waals surface area contributed by atoms with E-state index in [1.807, 2.05) is 0 Å². The van der Waals surface area contributed by atoms with Gasteiger partial charge in [-0.1, -0.05) is 71.8 Å². The van der Waals surface area contributed by atoms with Gasteiger partial charge in [0.25, 0.3) is 20.2 Å². The van der Waals surface area contributed by atoms with E-state index in [0.29, 0.717) is 0 Å². The number of carbonyl (C=O) groups is 2. The molecular formula is C32H30O10S2. The Kier molecular flexibility index (Phi) is 10.7. The van der Waals surface area contributed by atoms with Crippen molar-refractivity contribution in [2.75, 3.05) is 13.2 Å². The van der Waals surface area contributed by atoms with Crippen LogP contribution in [0.15, 0.2) is 119 Å². The van der Waals surface area contributed by atoms with E-state index in [4.69, 9.17) is 17.8 Å². The molecule has 44 heavy (non-hydrogen) atoms. The third-order valence-corrected chi connectivity index (χ3v) is 8.94. The summed E-state index contributed by atoms with van der Waals surface area (Å²) in [6.45, 7) is 1.92. The van der Waals surface area contributed by atoms with Gasteiger partial charge < -0.3 is 9.47 Å². The molecule has 0 spiro atoms. The molecule has 4 aromatic rings. The molecule has 230 valence electrons. The van der Waals surface area contributed by atoms with Crippen molar-refractivity contribution >= 4 is 32.2 Å². The molecule has 10 nitrogen and oxygen atoms in total. The summed E-state index contributed by atoms with van der Waals surface area (Å²) in [4.78, 5) is 25.8. The first kappa shape index (κ1) is 32.6. The number of aryl methyl sites for hydroxylation is 2. The third kappa shape index (κ3) is 8.83. The smallest absolute Gasteiger partial charge is 0.338 e. The highest BCUT2D eigenvalue weighted by Crippen LogP contribution is 2.20. The maximum atomic E-state index is 13.1. The van der Waals surface area contributed by atoms with Crippen LogP contribution in [0.5, 0.6) is 0 Å². The van der Waals surface area contributed by atoms with Crippen LogP contribution in [0.25, 0.3) is 0 Å². The van der Waals surface area contributed by atoms with Crippen LogP contribution in [-0.2, 0) is 38.1 Å². The molecule has 0 heterocycles. The summed E-state index contributed by atoms with van der Waals surface area (Å²) in [5.41, 5.74) is 1.86. The second-order valence-corrected chi connectivity index (χ2v) is 13.0. The molecule has 0 aromatic heterocycles. The average molecular weight is 639 g/mol. The van der Waals surface area contributed by atoms with Gasteiger partial charge in [0, 0.05) is 0 Å². The van der Waals surface area contributed by atoms with Crippen molar-refractivity contribution in [2.45, 2.75) is 35.8 Å². The lowest BCUT2D eigenvalue weighted by atomic mass is 10.2. The van der Waals surface area contributed by atoms with Gasteiger partial charge in [0.15, 0.2) is 12.2 Å². The summed E-state index contributed by atoms with van der Waals surface area (Å²) < 4.78 is 73.7. The van der Waals surface area contributed by atoms with Gasteiger partial charge in [-0.15, -0.1) is 0 Å². The summed E-state index contributed by atoms with van der Waals surface area (Å²) in [5, 5.41) is 0. The Balaban J connectivity index is 1.66. The Labute approximate surface area is 256 Å². The van der Waals surface area contributed by atoms with Crippen LogP contribution in [0.2, 0.25) is 0 Å². The molecule has 0 amide bonds. The number of carbonyl (C=O) groups excluding carboxylic acids is 2. The molecule has 2 atom stereocenters. The third-order valence-electron chi connectivity index (χ3n) is 6.34. The minimum absolute atomic E-state index is 0.111. The molecule has 0 aliphatic carbocycles. The zero-order chi connectivity index (χ0) is 31.7. The fourth-order valence-corrected chi connectivity index (χ4v) is 5.69. The number of benzene rings is 4. The minimum Gasteiger partial charge on any atom is -0.452 e. The highest BCUT2D eigenvalue weighted by molar-refractivity contribution is 7.87. The molecule has 0 bridgehead atoms. The van der Waals surface area contributed by atoms with Gasteiger partial charge >= 0.3 is 11.9 Å². The van der Waals surface area contributed by atoms with E-state index in [1.54, 1.807) is 74.5 Å². The van der Waals surface area contributed by atoms with Crippen LogP contribution in [0.4, 0.5) is 0 Å². The van der Waals surface area contributed by atoms with Crippen molar-refractivity contribution < 1.29 is 44.3 Å². The quantitative estimate of drug-likeness (QED) is 0.147. The average Bonchev–Trinajstić information content (AvgIpc) is 3.02. The number of hydrogen-bond donors (Lipinski definition) is 0. The van der Waals surface area contributed by atoms with Crippen molar-refractivity contribution in [3.05, 3.63) is 131 Å². The largest absolute Gasteiger partial charge is 0.452 e. The first-order valence-electron chi connectivity index (χ1n) is 13.4. The van der Waals surface area contributed by atoms with Crippen LogP contribution >= 0.6 is 0 Å². The SMILES string of the molecule is Cc1ccc(S(=O)(=O)OC[C@H](OC(=O)c2ccccc2)[C@H](COS(=O)(=O)c2ccc(C)cc2)OC(=O)c2ccccc2)cc1. The summed E-state index contributed by atoms with van der Waals surface area (Å²) >= 11 is 0. The Hall–Kier alpha value is -4.36. The van der Waals surface area contributed by atoms with Crippen LogP contribution < -0.4 is 0 Å². The summed E-state index contributed by atoms with van der Waals surface area (Å²) in [6.07, 6.45) is -3.24. The molecule has 0 unspecified atom stereocenters.